The molecule has 120 valence electrons. The van der Waals surface area contributed by atoms with Gasteiger partial charge in [-0.25, -0.2) is 4.98 Å². The Morgan fingerprint density at radius 2 is 1.96 bits per heavy atom. The zero-order chi connectivity index (χ0) is 16.4. The van der Waals surface area contributed by atoms with Crippen molar-refractivity contribution in [3.8, 4) is 22.8 Å². The molecule has 0 atom stereocenters. The molecule has 3 aromatic rings. The first-order valence-electron chi connectivity index (χ1n) is 7.46. The molecule has 24 heavy (non-hydrogen) atoms. The number of benzene rings is 1. The summed E-state index contributed by atoms with van der Waals surface area (Å²) in [6, 6.07) is 11.4. The first-order chi connectivity index (χ1) is 11.8. The van der Waals surface area contributed by atoms with Gasteiger partial charge >= 0.3 is 0 Å². The Balaban J connectivity index is 1.67. The van der Waals surface area contributed by atoms with E-state index in [1.54, 1.807) is 19.4 Å². The zero-order valence-corrected chi connectivity index (χ0v) is 13.0. The van der Waals surface area contributed by atoms with Crippen LogP contribution in [0.4, 0.5) is 17.5 Å². The van der Waals surface area contributed by atoms with Crippen molar-refractivity contribution in [2.45, 2.75) is 0 Å². The Hall–Kier alpha value is -3.35. The number of fused-ring (bicyclic) bond motifs is 1. The second-order valence-electron chi connectivity index (χ2n) is 5.15. The number of pyridine rings is 1. The summed E-state index contributed by atoms with van der Waals surface area (Å²) in [7, 11) is 1.78. The number of ether oxygens (including phenoxy) is 2. The van der Waals surface area contributed by atoms with E-state index in [4.69, 9.17) is 9.47 Å². The van der Waals surface area contributed by atoms with Crippen LogP contribution in [0.25, 0.3) is 11.3 Å². The van der Waals surface area contributed by atoms with Gasteiger partial charge in [0.1, 0.15) is 5.82 Å². The summed E-state index contributed by atoms with van der Waals surface area (Å²) in [5.41, 5.74) is 2.56. The molecule has 0 spiro atoms. The molecule has 2 aromatic heterocycles. The maximum absolute atomic E-state index is 5.40. The van der Waals surface area contributed by atoms with Crippen molar-refractivity contribution in [3.05, 3.63) is 48.8 Å². The molecule has 1 aliphatic heterocycles. The standard InChI is InChI=1S/C17H15N5O2/c1-18-17-21-13(11-3-2-6-19-9-11)8-16(22-17)20-12-4-5-14-15(7-12)24-10-23-14/h2-9H,10H2,1H3,(H2,18,20,21,22). The third-order valence-electron chi connectivity index (χ3n) is 3.55. The van der Waals surface area contributed by atoms with Crippen molar-refractivity contribution in [2.75, 3.05) is 24.5 Å². The van der Waals surface area contributed by atoms with Crippen molar-refractivity contribution in [1.82, 2.24) is 15.0 Å². The van der Waals surface area contributed by atoms with Gasteiger partial charge < -0.3 is 20.1 Å². The lowest BCUT2D eigenvalue weighted by Crippen LogP contribution is -2.02. The number of hydrogen-bond donors (Lipinski definition) is 2. The minimum Gasteiger partial charge on any atom is -0.454 e. The SMILES string of the molecule is CNc1nc(Nc2ccc3c(c2)OCO3)cc(-c2cccnc2)n1. The van der Waals surface area contributed by atoms with Gasteiger partial charge in [0, 0.05) is 42.8 Å². The van der Waals surface area contributed by atoms with Crippen LogP contribution in [0.1, 0.15) is 0 Å². The van der Waals surface area contributed by atoms with Crippen LogP contribution < -0.4 is 20.1 Å². The van der Waals surface area contributed by atoms with Crippen molar-refractivity contribution in [2.24, 2.45) is 0 Å². The molecule has 1 aromatic carbocycles. The molecule has 1 aliphatic rings. The summed E-state index contributed by atoms with van der Waals surface area (Å²) in [6.45, 7) is 0.251. The molecular formula is C17H15N5O2. The third-order valence-corrected chi connectivity index (χ3v) is 3.55. The van der Waals surface area contributed by atoms with E-state index < -0.39 is 0 Å². The molecule has 0 aliphatic carbocycles. The summed E-state index contributed by atoms with van der Waals surface area (Å²) in [6.07, 6.45) is 3.50. The highest BCUT2D eigenvalue weighted by molar-refractivity contribution is 5.68. The van der Waals surface area contributed by atoms with Gasteiger partial charge in [0.15, 0.2) is 11.5 Å². The highest BCUT2D eigenvalue weighted by Gasteiger charge is 2.14. The number of nitrogens with zero attached hydrogens (tertiary/aromatic N) is 3. The largest absolute Gasteiger partial charge is 0.454 e. The predicted molar refractivity (Wildman–Crippen MR) is 90.7 cm³/mol. The summed E-state index contributed by atoms with van der Waals surface area (Å²) >= 11 is 0. The number of rotatable bonds is 4. The van der Waals surface area contributed by atoms with E-state index in [0.29, 0.717) is 11.8 Å². The predicted octanol–water partition coefficient (Wildman–Crippen LogP) is 3.05. The van der Waals surface area contributed by atoms with E-state index >= 15 is 0 Å². The minimum absolute atomic E-state index is 0.251. The van der Waals surface area contributed by atoms with Crippen LogP contribution in [-0.4, -0.2) is 28.8 Å². The number of aromatic nitrogens is 3. The quantitative estimate of drug-likeness (QED) is 0.764. The molecule has 0 unspecified atom stereocenters. The van der Waals surface area contributed by atoms with Crippen molar-refractivity contribution >= 4 is 17.5 Å². The second-order valence-corrected chi connectivity index (χ2v) is 5.15. The van der Waals surface area contributed by atoms with E-state index in [1.165, 1.54) is 0 Å². The summed E-state index contributed by atoms with van der Waals surface area (Å²) in [5.74, 6) is 2.66. The van der Waals surface area contributed by atoms with Crippen molar-refractivity contribution < 1.29 is 9.47 Å². The van der Waals surface area contributed by atoms with Gasteiger partial charge in [-0.1, -0.05) is 0 Å². The van der Waals surface area contributed by atoms with Gasteiger partial charge in [0.2, 0.25) is 12.7 Å². The van der Waals surface area contributed by atoms with Crippen LogP contribution >= 0.6 is 0 Å². The molecule has 7 heteroatoms. The van der Waals surface area contributed by atoms with Crippen LogP contribution in [0.2, 0.25) is 0 Å². The minimum atomic E-state index is 0.251. The summed E-state index contributed by atoms with van der Waals surface area (Å²) < 4.78 is 10.7. The molecule has 0 bridgehead atoms. The first-order valence-corrected chi connectivity index (χ1v) is 7.46. The highest BCUT2D eigenvalue weighted by atomic mass is 16.7. The van der Waals surface area contributed by atoms with E-state index in [1.807, 2.05) is 36.4 Å². The van der Waals surface area contributed by atoms with Crippen LogP contribution in [-0.2, 0) is 0 Å². The normalized spacial score (nSPS) is 12.0. The molecule has 4 rings (SSSR count). The van der Waals surface area contributed by atoms with Crippen molar-refractivity contribution in [1.29, 1.82) is 0 Å². The van der Waals surface area contributed by atoms with Gasteiger partial charge in [-0.3, -0.25) is 4.98 Å². The van der Waals surface area contributed by atoms with E-state index in [0.717, 1.165) is 28.4 Å². The average Bonchev–Trinajstić information content (AvgIpc) is 3.10. The lowest BCUT2D eigenvalue weighted by Gasteiger charge is -2.10. The fraction of sp³-hybridized carbons (Fsp3) is 0.118. The van der Waals surface area contributed by atoms with Gasteiger partial charge in [-0.2, -0.15) is 4.98 Å². The second kappa shape index (κ2) is 6.04. The fourth-order valence-corrected chi connectivity index (χ4v) is 2.41. The van der Waals surface area contributed by atoms with Crippen LogP contribution in [0.3, 0.4) is 0 Å². The fourth-order valence-electron chi connectivity index (χ4n) is 2.41. The van der Waals surface area contributed by atoms with E-state index in [-0.39, 0.29) is 6.79 Å². The van der Waals surface area contributed by atoms with Crippen LogP contribution in [0, 0.1) is 0 Å². The lowest BCUT2D eigenvalue weighted by atomic mass is 10.2. The number of nitrogens with one attached hydrogen (secondary N) is 2. The molecule has 3 heterocycles. The molecule has 0 radical (unpaired) electrons. The topological polar surface area (TPSA) is 81.2 Å². The highest BCUT2D eigenvalue weighted by Crippen LogP contribution is 2.35. The van der Waals surface area contributed by atoms with Gasteiger partial charge in [0.25, 0.3) is 0 Å². The molecule has 0 saturated heterocycles. The smallest absolute Gasteiger partial charge is 0.231 e. The Kier molecular flexibility index (Phi) is 3.59. The van der Waals surface area contributed by atoms with Gasteiger partial charge in [0.05, 0.1) is 5.69 Å². The lowest BCUT2D eigenvalue weighted by molar-refractivity contribution is 0.174. The molecule has 0 fully saturated rings. The van der Waals surface area contributed by atoms with Gasteiger partial charge in [-0.05, 0) is 24.3 Å². The molecule has 2 N–H and O–H groups in total. The number of hydrogen-bond acceptors (Lipinski definition) is 7. The van der Waals surface area contributed by atoms with Crippen LogP contribution in [0.5, 0.6) is 11.5 Å². The average molecular weight is 321 g/mol. The molecule has 0 saturated carbocycles. The molecular weight excluding hydrogens is 306 g/mol. The zero-order valence-electron chi connectivity index (χ0n) is 13.0. The van der Waals surface area contributed by atoms with E-state index in [9.17, 15) is 0 Å². The third kappa shape index (κ3) is 2.79. The Bertz CT molecular complexity index is 870. The maximum Gasteiger partial charge on any atom is 0.231 e. The summed E-state index contributed by atoms with van der Waals surface area (Å²) in [5, 5.41) is 6.25. The van der Waals surface area contributed by atoms with Gasteiger partial charge in [-0.15, -0.1) is 0 Å². The summed E-state index contributed by atoms with van der Waals surface area (Å²) in [4.78, 5) is 13.1. The van der Waals surface area contributed by atoms with E-state index in [2.05, 4.69) is 25.6 Å². The Morgan fingerprint density at radius 1 is 1.04 bits per heavy atom. The molecule has 0 amide bonds. The molecule has 7 nitrogen and oxygen atoms in total. The van der Waals surface area contributed by atoms with Crippen molar-refractivity contribution in [3.63, 3.8) is 0 Å². The first kappa shape index (κ1) is 14.3. The Morgan fingerprint density at radius 3 is 2.79 bits per heavy atom. The number of anilines is 3. The Labute approximate surface area is 138 Å². The monoisotopic (exact) mass is 321 g/mol. The maximum atomic E-state index is 5.40. The van der Waals surface area contributed by atoms with Crippen LogP contribution in [0.15, 0.2) is 48.8 Å².